The first-order chi connectivity index (χ1) is 13.7. The van der Waals surface area contributed by atoms with Crippen molar-refractivity contribution in [1.29, 1.82) is 0 Å². The standard InChI is InChI=1S/C20H22N4O2S2/c1-26-15-2-4-16(5-3-15)27-13-7-18(25)23-8-10-24(11-9-23)19-17-6-12-28-20(17)22-14-21-19/h2-6,12,14H,7-11,13H2,1H3. The van der Waals surface area contributed by atoms with Gasteiger partial charge in [0.15, 0.2) is 0 Å². The van der Waals surface area contributed by atoms with Crippen LogP contribution in [-0.4, -0.2) is 59.8 Å². The Hall–Kier alpha value is -2.32. The number of anilines is 1. The first-order valence-electron chi connectivity index (χ1n) is 9.22. The molecule has 0 saturated carbocycles. The van der Waals surface area contributed by atoms with Gasteiger partial charge in [-0.3, -0.25) is 4.79 Å². The van der Waals surface area contributed by atoms with Crippen LogP contribution in [0.1, 0.15) is 6.42 Å². The molecule has 1 aliphatic rings. The number of methoxy groups -OCH3 is 1. The van der Waals surface area contributed by atoms with Crippen molar-refractivity contribution in [3.63, 3.8) is 0 Å². The lowest BCUT2D eigenvalue weighted by Crippen LogP contribution is -2.49. The second-order valence-electron chi connectivity index (χ2n) is 6.48. The average Bonchev–Trinajstić information content (AvgIpc) is 3.23. The second kappa shape index (κ2) is 8.79. The summed E-state index contributed by atoms with van der Waals surface area (Å²) < 4.78 is 5.17. The normalized spacial score (nSPS) is 14.5. The zero-order valence-corrected chi connectivity index (χ0v) is 17.3. The van der Waals surface area contributed by atoms with Gasteiger partial charge in [-0.25, -0.2) is 9.97 Å². The smallest absolute Gasteiger partial charge is 0.223 e. The van der Waals surface area contributed by atoms with E-state index in [0.717, 1.165) is 58.6 Å². The number of fused-ring (bicyclic) bond motifs is 1. The van der Waals surface area contributed by atoms with Gasteiger partial charge in [0.05, 0.1) is 12.5 Å². The number of thioether (sulfide) groups is 1. The van der Waals surface area contributed by atoms with Crippen molar-refractivity contribution in [2.24, 2.45) is 0 Å². The predicted octanol–water partition coefficient (Wildman–Crippen LogP) is 3.53. The summed E-state index contributed by atoms with van der Waals surface area (Å²) in [6.07, 6.45) is 2.18. The molecule has 28 heavy (non-hydrogen) atoms. The Morgan fingerprint density at radius 1 is 1.14 bits per heavy atom. The molecule has 1 aromatic carbocycles. The van der Waals surface area contributed by atoms with Gasteiger partial charge in [0.2, 0.25) is 5.91 Å². The molecule has 3 aromatic rings. The molecule has 0 spiro atoms. The highest BCUT2D eigenvalue weighted by Crippen LogP contribution is 2.27. The second-order valence-corrected chi connectivity index (χ2v) is 8.54. The highest BCUT2D eigenvalue weighted by Gasteiger charge is 2.23. The zero-order chi connectivity index (χ0) is 19.3. The van der Waals surface area contributed by atoms with Crippen molar-refractivity contribution in [2.75, 3.05) is 43.9 Å². The Balaban J connectivity index is 1.26. The number of piperazine rings is 1. The molecule has 2 aromatic heterocycles. The number of hydrogen-bond donors (Lipinski definition) is 0. The monoisotopic (exact) mass is 414 g/mol. The van der Waals surface area contributed by atoms with Crippen LogP contribution in [0.5, 0.6) is 5.75 Å². The van der Waals surface area contributed by atoms with Crippen LogP contribution in [-0.2, 0) is 4.79 Å². The zero-order valence-electron chi connectivity index (χ0n) is 15.7. The summed E-state index contributed by atoms with van der Waals surface area (Å²) in [7, 11) is 1.66. The predicted molar refractivity (Wildman–Crippen MR) is 115 cm³/mol. The maximum absolute atomic E-state index is 12.6. The number of hydrogen-bond acceptors (Lipinski definition) is 7. The number of carbonyl (C=O) groups is 1. The molecule has 6 nitrogen and oxygen atoms in total. The lowest BCUT2D eigenvalue weighted by atomic mass is 10.2. The number of amides is 1. The van der Waals surface area contributed by atoms with Crippen molar-refractivity contribution in [1.82, 2.24) is 14.9 Å². The van der Waals surface area contributed by atoms with Gasteiger partial charge < -0.3 is 14.5 Å². The molecule has 1 amide bonds. The summed E-state index contributed by atoms with van der Waals surface area (Å²) in [6, 6.07) is 10.0. The number of aromatic nitrogens is 2. The van der Waals surface area contributed by atoms with Gasteiger partial charge >= 0.3 is 0 Å². The molecule has 0 bridgehead atoms. The van der Waals surface area contributed by atoms with Crippen molar-refractivity contribution in [3.8, 4) is 5.75 Å². The third kappa shape index (κ3) is 4.23. The Morgan fingerprint density at radius 2 is 1.93 bits per heavy atom. The topological polar surface area (TPSA) is 58.6 Å². The lowest BCUT2D eigenvalue weighted by Gasteiger charge is -2.35. The van der Waals surface area contributed by atoms with E-state index >= 15 is 0 Å². The van der Waals surface area contributed by atoms with E-state index in [2.05, 4.69) is 20.9 Å². The Labute approximate surface area is 172 Å². The van der Waals surface area contributed by atoms with Crippen LogP contribution in [0.2, 0.25) is 0 Å². The van der Waals surface area contributed by atoms with Crippen LogP contribution in [0.3, 0.4) is 0 Å². The summed E-state index contributed by atoms with van der Waals surface area (Å²) in [6.45, 7) is 3.09. The molecule has 0 aliphatic carbocycles. The summed E-state index contributed by atoms with van der Waals surface area (Å²) in [5.41, 5.74) is 0. The van der Waals surface area contributed by atoms with Crippen molar-refractivity contribution < 1.29 is 9.53 Å². The van der Waals surface area contributed by atoms with Gasteiger partial charge in [-0.2, -0.15) is 0 Å². The first kappa shape index (κ1) is 19.0. The van der Waals surface area contributed by atoms with Crippen molar-refractivity contribution in [2.45, 2.75) is 11.3 Å². The first-order valence-corrected chi connectivity index (χ1v) is 11.1. The van der Waals surface area contributed by atoms with Gasteiger partial charge in [-0.15, -0.1) is 23.1 Å². The minimum atomic E-state index is 0.226. The molecule has 0 unspecified atom stereocenters. The quantitative estimate of drug-likeness (QED) is 0.575. The number of thiophene rings is 1. The summed E-state index contributed by atoms with van der Waals surface area (Å²) in [5.74, 6) is 2.84. The minimum Gasteiger partial charge on any atom is -0.497 e. The van der Waals surface area contributed by atoms with Crippen LogP contribution >= 0.6 is 23.1 Å². The maximum Gasteiger partial charge on any atom is 0.223 e. The minimum absolute atomic E-state index is 0.226. The molecule has 1 aliphatic heterocycles. The largest absolute Gasteiger partial charge is 0.497 e. The van der Waals surface area contributed by atoms with E-state index in [1.807, 2.05) is 34.5 Å². The van der Waals surface area contributed by atoms with Gasteiger partial charge in [-0.1, -0.05) is 0 Å². The van der Waals surface area contributed by atoms with Crippen LogP contribution in [0.15, 0.2) is 46.9 Å². The molecule has 1 fully saturated rings. The Morgan fingerprint density at radius 3 is 2.68 bits per heavy atom. The number of benzene rings is 1. The lowest BCUT2D eigenvalue weighted by molar-refractivity contribution is -0.131. The molecule has 8 heteroatoms. The molecule has 0 N–H and O–H groups in total. The van der Waals surface area contributed by atoms with Crippen molar-refractivity contribution >= 4 is 45.0 Å². The number of nitrogens with zero attached hydrogens (tertiary/aromatic N) is 4. The van der Waals surface area contributed by atoms with Gasteiger partial charge in [-0.05, 0) is 35.7 Å². The van der Waals surface area contributed by atoms with E-state index in [9.17, 15) is 4.79 Å². The highest BCUT2D eigenvalue weighted by atomic mass is 32.2. The Bertz CT molecular complexity index is 937. The molecular weight excluding hydrogens is 392 g/mol. The summed E-state index contributed by atoms with van der Waals surface area (Å²) >= 11 is 3.33. The van der Waals surface area contributed by atoms with E-state index < -0.39 is 0 Å². The fourth-order valence-corrected chi connectivity index (χ4v) is 4.85. The van der Waals surface area contributed by atoms with Crippen LogP contribution in [0.25, 0.3) is 10.2 Å². The molecule has 3 heterocycles. The van der Waals surface area contributed by atoms with Crippen LogP contribution in [0.4, 0.5) is 5.82 Å². The van der Waals surface area contributed by atoms with Crippen LogP contribution < -0.4 is 9.64 Å². The van der Waals surface area contributed by atoms with Crippen molar-refractivity contribution in [3.05, 3.63) is 42.0 Å². The number of ether oxygens (including phenoxy) is 1. The summed E-state index contributed by atoms with van der Waals surface area (Å²) in [4.78, 5) is 27.7. The third-order valence-electron chi connectivity index (χ3n) is 4.82. The molecular formula is C20H22N4O2S2. The van der Waals surface area contributed by atoms with Gasteiger partial charge in [0.25, 0.3) is 0 Å². The van der Waals surface area contributed by atoms with E-state index in [0.29, 0.717) is 6.42 Å². The van der Waals surface area contributed by atoms with E-state index in [4.69, 9.17) is 4.74 Å². The number of carbonyl (C=O) groups excluding carboxylic acids is 1. The SMILES string of the molecule is COc1ccc(SCCC(=O)N2CCN(c3ncnc4sccc34)CC2)cc1. The molecule has 0 radical (unpaired) electrons. The molecule has 1 saturated heterocycles. The van der Waals surface area contributed by atoms with E-state index in [1.54, 1.807) is 36.5 Å². The Kier molecular flexibility index (Phi) is 5.97. The van der Waals surface area contributed by atoms with Gasteiger partial charge in [0, 0.05) is 43.2 Å². The fourth-order valence-electron chi connectivity index (χ4n) is 3.28. The molecule has 146 valence electrons. The fraction of sp³-hybridized carbons (Fsp3) is 0.350. The molecule has 0 atom stereocenters. The van der Waals surface area contributed by atoms with Gasteiger partial charge in [0.1, 0.15) is 22.7 Å². The van der Waals surface area contributed by atoms with E-state index in [1.165, 1.54) is 0 Å². The average molecular weight is 415 g/mol. The highest BCUT2D eigenvalue weighted by molar-refractivity contribution is 7.99. The third-order valence-corrected chi connectivity index (χ3v) is 6.65. The number of rotatable bonds is 6. The summed E-state index contributed by atoms with van der Waals surface area (Å²) in [5, 5.41) is 3.14. The van der Waals surface area contributed by atoms with Crippen LogP contribution in [0, 0.1) is 0 Å². The van der Waals surface area contributed by atoms with E-state index in [-0.39, 0.29) is 5.91 Å². The molecule has 4 rings (SSSR count). The maximum atomic E-state index is 12.6.